The molecule has 25 heavy (non-hydrogen) atoms. The van der Waals surface area contributed by atoms with E-state index in [4.69, 9.17) is 20.9 Å². The molecule has 0 saturated carbocycles. The number of ether oxygens (including phenoxy) is 1. The Morgan fingerprint density at radius 2 is 2.00 bits per heavy atom. The quantitative estimate of drug-likeness (QED) is 0.695. The highest BCUT2D eigenvalue weighted by molar-refractivity contribution is 6.30. The van der Waals surface area contributed by atoms with Crippen LogP contribution in [0.5, 0.6) is 5.88 Å². The van der Waals surface area contributed by atoms with Crippen LogP contribution in [0.3, 0.4) is 0 Å². The van der Waals surface area contributed by atoms with E-state index in [0.29, 0.717) is 16.3 Å². The van der Waals surface area contributed by atoms with E-state index >= 15 is 0 Å². The minimum absolute atomic E-state index is 0.0258. The fraction of sp³-hybridized carbons (Fsp3) is 0.118. The van der Waals surface area contributed by atoms with Crippen LogP contribution in [0, 0.1) is 0 Å². The minimum Gasteiger partial charge on any atom is -0.477 e. The molecule has 0 saturated heterocycles. The van der Waals surface area contributed by atoms with Gasteiger partial charge in [0.2, 0.25) is 5.88 Å². The zero-order valence-corrected chi connectivity index (χ0v) is 13.6. The van der Waals surface area contributed by atoms with Gasteiger partial charge in [0.15, 0.2) is 5.76 Å². The third-order valence-electron chi connectivity index (χ3n) is 3.49. The number of nitrogens with zero attached hydrogens (tertiary/aromatic N) is 2. The first-order chi connectivity index (χ1) is 12.1. The monoisotopic (exact) mass is 360 g/mol. The first-order valence-corrected chi connectivity index (χ1v) is 7.63. The summed E-state index contributed by atoms with van der Waals surface area (Å²) in [5.41, 5.74) is 1.66. The van der Waals surface area contributed by atoms with Gasteiger partial charge < -0.3 is 19.5 Å². The molecule has 0 amide bonds. The van der Waals surface area contributed by atoms with Crippen molar-refractivity contribution < 1.29 is 24.3 Å². The van der Waals surface area contributed by atoms with Crippen LogP contribution in [0.25, 0.3) is 11.3 Å². The molecule has 0 fully saturated rings. The summed E-state index contributed by atoms with van der Waals surface area (Å²) in [5.74, 6) is -0.936. The Kier molecular flexibility index (Phi) is 4.97. The lowest BCUT2D eigenvalue weighted by atomic mass is 10.1. The molecule has 0 aliphatic heterocycles. The van der Waals surface area contributed by atoms with Crippen molar-refractivity contribution in [2.45, 2.75) is 13.2 Å². The van der Waals surface area contributed by atoms with Crippen molar-refractivity contribution in [1.29, 1.82) is 0 Å². The summed E-state index contributed by atoms with van der Waals surface area (Å²) in [4.78, 5) is 15.2. The number of benzene rings is 1. The van der Waals surface area contributed by atoms with Crippen LogP contribution < -0.4 is 4.74 Å². The van der Waals surface area contributed by atoms with Gasteiger partial charge in [-0.25, -0.2) is 9.78 Å². The smallest absolute Gasteiger partial charge is 0.341 e. The topological polar surface area (TPSA) is 106 Å². The first-order valence-electron chi connectivity index (χ1n) is 7.25. The molecule has 0 spiro atoms. The average molecular weight is 361 g/mol. The summed E-state index contributed by atoms with van der Waals surface area (Å²) in [7, 11) is 0. The molecule has 2 heterocycles. The van der Waals surface area contributed by atoms with Gasteiger partial charge in [0.1, 0.15) is 24.5 Å². The Bertz CT molecular complexity index is 892. The molecule has 3 rings (SSSR count). The van der Waals surface area contributed by atoms with Crippen molar-refractivity contribution in [3.63, 3.8) is 0 Å². The Balaban J connectivity index is 1.91. The number of carbonyl (C=O) groups is 1. The predicted molar refractivity (Wildman–Crippen MR) is 88.4 cm³/mol. The molecule has 0 aliphatic carbocycles. The van der Waals surface area contributed by atoms with Gasteiger partial charge in [-0.15, -0.1) is 0 Å². The number of hydrogen-bond donors (Lipinski definition) is 2. The number of carboxylic acid groups (broad SMARTS) is 1. The van der Waals surface area contributed by atoms with Crippen molar-refractivity contribution in [3.05, 3.63) is 64.5 Å². The second-order valence-corrected chi connectivity index (χ2v) is 5.48. The Morgan fingerprint density at radius 3 is 2.68 bits per heavy atom. The number of aromatic carboxylic acids is 1. The van der Waals surface area contributed by atoms with Gasteiger partial charge in [0.05, 0.1) is 5.56 Å². The molecule has 2 aromatic heterocycles. The maximum absolute atomic E-state index is 11.2. The molecule has 1 aromatic carbocycles. The van der Waals surface area contributed by atoms with Crippen molar-refractivity contribution in [2.24, 2.45) is 0 Å². The molecule has 3 aromatic rings. The van der Waals surface area contributed by atoms with Gasteiger partial charge in [0, 0.05) is 16.8 Å². The third kappa shape index (κ3) is 3.62. The third-order valence-corrected chi connectivity index (χ3v) is 3.74. The number of carboxylic acids is 1. The highest BCUT2D eigenvalue weighted by Crippen LogP contribution is 2.28. The van der Waals surface area contributed by atoms with Gasteiger partial charge >= 0.3 is 5.97 Å². The highest BCUT2D eigenvalue weighted by atomic mass is 35.5. The standard InChI is InChI=1S/C17H13ClN2O5/c18-11-5-3-10(4-6-11)15-13(14(8-21)25-20-15)9-24-16-12(17(22)23)2-1-7-19-16/h1-7,21H,8-9H2,(H,22,23). The van der Waals surface area contributed by atoms with Crippen LogP contribution >= 0.6 is 11.6 Å². The van der Waals surface area contributed by atoms with E-state index in [1.54, 1.807) is 24.3 Å². The second-order valence-electron chi connectivity index (χ2n) is 5.05. The molecule has 8 heteroatoms. The van der Waals surface area contributed by atoms with Crippen LogP contribution in [-0.4, -0.2) is 26.3 Å². The van der Waals surface area contributed by atoms with Crippen LogP contribution in [0.4, 0.5) is 0 Å². The number of aromatic nitrogens is 2. The first kappa shape index (κ1) is 16.9. The van der Waals surface area contributed by atoms with Crippen LogP contribution in [0.1, 0.15) is 21.7 Å². The van der Waals surface area contributed by atoms with E-state index in [2.05, 4.69) is 10.1 Å². The lowest BCUT2D eigenvalue weighted by Crippen LogP contribution is -2.06. The number of aliphatic hydroxyl groups excluding tert-OH is 1. The molecule has 0 atom stereocenters. The Hall–Kier alpha value is -2.90. The second kappa shape index (κ2) is 7.33. The molecule has 0 aliphatic rings. The zero-order chi connectivity index (χ0) is 17.8. The summed E-state index contributed by atoms with van der Waals surface area (Å²) < 4.78 is 10.7. The van der Waals surface area contributed by atoms with Crippen molar-refractivity contribution in [2.75, 3.05) is 0 Å². The summed E-state index contributed by atoms with van der Waals surface area (Å²) in [6.45, 7) is -0.429. The van der Waals surface area contributed by atoms with E-state index in [1.807, 2.05) is 0 Å². The highest BCUT2D eigenvalue weighted by Gasteiger charge is 2.19. The van der Waals surface area contributed by atoms with E-state index in [0.717, 1.165) is 5.56 Å². The summed E-state index contributed by atoms with van der Waals surface area (Å²) >= 11 is 5.89. The summed E-state index contributed by atoms with van der Waals surface area (Å²) in [6, 6.07) is 9.83. The van der Waals surface area contributed by atoms with Crippen LogP contribution in [0.15, 0.2) is 47.1 Å². The molecular formula is C17H13ClN2O5. The average Bonchev–Trinajstić information content (AvgIpc) is 3.03. The molecule has 128 valence electrons. The number of aliphatic hydroxyl groups is 1. The SMILES string of the molecule is O=C(O)c1cccnc1OCc1c(-c2ccc(Cl)cc2)noc1CO. The molecule has 0 radical (unpaired) electrons. The lowest BCUT2D eigenvalue weighted by molar-refractivity contribution is 0.0690. The molecular weight excluding hydrogens is 348 g/mol. The van der Waals surface area contributed by atoms with Gasteiger partial charge in [-0.1, -0.05) is 28.9 Å². The number of hydrogen-bond acceptors (Lipinski definition) is 6. The largest absolute Gasteiger partial charge is 0.477 e. The van der Waals surface area contributed by atoms with Gasteiger partial charge in [-0.3, -0.25) is 0 Å². The maximum atomic E-state index is 11.2. The fourth-order valence-corrected chi connectivity index (χ4v) is 2.39. The van der Waals surface area contributed by atoms with Gasteiger partial charge in [0.25, 0.3) is 0 Å². The molecule has 0 bridgehead atoms. The minimum atomic E-state index is -1.14. The summed E-state index contributed by atoms with van der Waals surface area (Å²) in [6.07, 6.45) is 1.43. The zero-order valence-electron chi connectivity index (χ0n) is 12.8. The molecule has 0 unspecified atom stereocenters. The van der Waals surface area contributed by atoms with E-state index in [9.17, 15) is 15.0 Å². The van der Waals surface area contributed by atoms with E-state index < -0.39 is 5.97 Å². The maximum Gasteiger partial charge on any atom is 0.341 e. The van der Waals surface area contributed by atoms with Crippen molar-refractivity contribution in [1.82, 2.24) is 10.1 Å². The van der Waals surface area contributed by atoms with Crippen molar-refractivity contribution >= 4 is 17.6 Å². The fourth-order valence-electron chi connectivity index (χ4n) is 2.26. The molecule has 2 N–H and O–H groups in total. The van der Waals surface area contributed by atoms with Crippen LogP contribution in [0.2, 0.25) is 5.02 Å². The van der Waals surface area contributed by atoms with Gasteiger partial charge in [-0.2, -0.15) is 0 Å². The number of pyridine rings is 1. The normalized spacial score (nSPS) is 10.6. The number of rotatable bonds is 6. The van der Waals surface area contributed by atoms with Gasteiger partial charge in [-0.05, 0) is 24.3 Å². The van der Waals surface area contributed by atoms with Crippen LogP contribution in [-0.2, 0) is 13.2 Å². The molecule has 7 nitrogen and oxygen atoms in total. The van der Waals surface area contributed by atoms with E-state index in [-0.39, 0.29) is 30.4 Å². The predicted octanol–water partition coefficient (Wildman–Crippen LogP) is 3.16. The van der Waals surface area contributed by atoms with Crippen molar-refractivity contribution in [3.8, 4) is 17.1 Å². The number of halogens is 1. The lowest BCUT2D eigenvalue weighted by Gasteiger charge is -2.08. The Labute approximate surface area is 147 Å². The Morgan fingerprint density at radius 1 is 1.24 bits per heavy atom. The van der Waals surface area contributed by atoms with E-state index in [1.165, 1.54) is 18.3 Å². The summed E-state index contributed by atoms with van der Waals surface area (Å²) in [5, 5.41) is 23.2.